The molecule has 4 nitrogen and oxygen atoms in total. The lowest BCUT2D eigenvalue weighted by Gasteiger charge is -2.22. The number of pyridine rings is 1. The van der Waals surface area contributed by atoms with E-state index in [4.69, 9.17) is 0 Å². The van der Waals surface area contributed by atoms with Gasteiger partial charge in [-0.2, -0.15) is 0 Å². The molecule has 2 aromatic rings. The molecule has 3 rings (SSSR count). The average molecular weight is 359 g/mol. The van der Waals surface area contributed by atoms with E-state index in [0.717, 1.165) is 5.69 Å². The van der Waals surface area contributed by atoms with Crippen LogP contribution in [-0.2, 0) is 16.4 Å². The molecular weight excluding hydrogens is 332 g/mol. The number of hydrogen-bond donors (Lipinski definition) is 0. The lowest BCUT2D eigenvalue weighted by Crippen LogP contribution is -2.29. The summed E-state index contributed by atoms with van der Waals surface area (Å²) in [6.45, 7) is 0.420. The molecule has 1 aromatic carbocycles. The quantitative estimate of drug-likeness (QED) is 0.784. The van der Waals surface area contributed by atoms with E-state index in [9.17, 15) is 8.42 Å². The Morgan fingerprint density at radius 3 is 2.40 bits per heavy atom. The summed E-state index contributed by atoms with van der Waals surface area (Å²) in [7, 11) is -1.82. The van der Waals surface area contributed by atoms with Crippen molar-refractivity contribution >= 4 is 10.0 Å². The van der Waals surface area contributed by atoms with Gasteiger partial charge in [0.1, 0.15) is 0 Å². The van der Waals surface area contributed by atoms with Crippen LogP contribution < -0.4 is 0 Å². The molecule has 25 heavy (non-hydrogen) atoms. The van der Waals surface area contributed by atoms with Crippen molar-refractivity contribution in [1.82, 2.24) is 9.29 Å². The molecule has 1 fully saturated rings. The molecule has 1 aliphatic carbocycles. The molecule has 0 bridgehead atoms. The highest BCUT2D eigenvalue weighted by Gasteiger charge is 2.22. The molecule has 0 atom stereocenters. The maximum absolute atomic E-state index is 12.7. The minimum absolute atomic E-state index is 0.371. The van der Waals surface area contributed by atoms with Crippen LogP contribution in [0.2, 0.25) is 0 Å². The topological polar surface area (TPSA) is 50.3 Å². The maximum atomic E-state index is 12.7. The summed E-state index contributed by atoms with van der Waals surface area (Å²) in [6.07, 6.45) is 8.66. The van der Waals surface area contributed by atoms with E-state index in [1.54, 1.807) is 25.4 Å². The standard InChI is InChI=1S/C20H26N2O2S/c1-22(16-14-19-9-5-6-15-21-19)25(23,24)20-12-10-18(11-13-20)17-7-3-2-4-8-17/h5-6,9-13,15,17H,2-4,7-8,14,16H2,1H3. The van der Waals surface area contributed by atoms with E-state index in [1.165, 1.54) is 42.0 Å². The minimum Gasteiger partial charge on any atom is -0.261 e. The van der Waals surface area contributed by atoms with Gasteiger partial charge in [-0.25, -0.2) is 12.7 Å². The van der Waals surface area contributed by atoms with E-state index in [1.807, 2.05) is 30.3 Å². The van der Waals surface area contributed by atoms with E-state index < -0.39 is 10.0 Å². The van der Waals surface area contributed by atoms with Gasteiger partial charge in [0.15, 0.2) is 0 Å². The summed E-state index contributed by atoms with van der Waals surface area (Å²) >= 11 is 0. The number of hydrogen-bond acceptors (Lipinski definition) is 3. The van der Waals surface area contributed by atoms with Gasteiger partial charge in [0, 0.05) is 31.9 Å². The van der Waals surface area contributed by atoms with Crippen molar-refractivity contribution in [3.05, 3.63) is 59.9 Å². The summed E-state index contributed by atoms with van der Waals surface area (Å²) in [4.78, 5) is 4.62. The van der Waals surface area contributed by atoms with Crippen molar-refractivity contribution < 1.29 is 8.42 Å². The van der Waals surface area contributed by atoms with Crippen LogP contribution >= 0.6 is 0 Å². The number of aromatic nitrogens is 1. The Bertz CT molecular complexity index is 767. The summed E-state index contributed by atoms with van der Waals surface area (Å²) in [5, 5.41) is 0. The number of benzene rings is 1. The van der Waals surface area contributed by atoms with Crippen LogP contribution in [0.4, 0.5) is 0 Å². The SMILES string of the molecule is CN(CCc1ccccn1)S(=O)(=O)c1ccc(C2CCCCC2)cc1. The zero-order valence-corrected chi connectivity index (χ0v) is 15.6. The van der Waals surface area contributed by atoms with Crippen LogP contribution in [0.1, 0.15) is 49.3 Å². The second-order valence-electron chi connectivity index (χ2n) is 6.80. The molecule has 0 radical (unpaired) electrons. The van der Waals surface area contributed by atoms with Gasteiger partial charge in [-0.3, -0.25) is 4.98 Å². The molecule has 0 unspecified atom stereocenters. The highest BCUT2D eigenvalue weighted by Crippen LogP contribution is 2.33. The Morgan fingerprint density at radius 1 is 1.04 bits per heavy atom. The van der Waals surface area contributed by atoms with Gasteiger partial charge >= 0.3 is 0 Å². The zero-order valence-electron chi connectivity index (χ0n) is 14.8. The summed E-state index contributed by atoms with van der Waals surface area (Å²) in [5.74, 6) is 0.590. The second-order valence-corrected chi connectivity index (χ2v) is 8.85. The zero-order chi connectivity index (χ0) is 17.7. The van der Waals surface area contributed by atoms with E-state index in [-0.39, 0.29) is 0 Å². The summed E-state index contributed by atoms with van der Waals surface area (Å²) in [6, 6.07) is 13.2. The number of rotatable bonds is 6. The van der Waals surface area contributed by atoms with Crippen LogP contribution in [0.3, 0.4) is 0 Å². The maximum Gasteiger partial charge on any atom is 0.242 e. The first-order valence-electron chi connectivity index (χ1n) is 9.03. The number of likely N-dealkylation sites (N-methyl/N-ethyl adjacent to an activating group) is 1. The lowest BCUT2D eigenvalue weighted by molar-refractivity contribution is 0.443. The Morgan fingerprint density at radius 2 is 1.76 bits per heavy atom. The van der Waals surface area contributed by atoms with Crippen LogP contribution in [0, 0.1) is 0 Å². The van der Waals surface area contributed by atoms with Crippen molar-refractivity contribution in [2.75, 3.05) is 13.6 Å². The van der Waals surface area contributed by atoms with Crippen LogP contribution in [0.5, 0.6) is 0 Å². The normalized spacial score (nSPS) is 16.2. The predicted octanol–water partition coefficient (Wildman–Crippen LogP) is 3.99. The van der Waals surface area contributed by atoms with Crippen molar-refractivity contribution in [3.63, 3.8) is 0 Å². The van der Waals surface area contributed by atoms with E-state index in [2.05, 4.69) is 4.98 Å². The fraction of sp³-hybridized carbons (Fsp3) is 0.450. The van der Waals surface area contributed by atoms with Crippen molar-refractivity contribution in [1.29, 1.82) is 0 Å². The van der Waals surface area contributed by atoms with Crippen molar-refractivity contribution in [3.8, 4) is 0 Å². The van der Waals surface area contributed by atoms with Gasteiger partial charge in [-0.1, -0.05) is 37.5 Å². The Hall–Kier alpha value is -1.72. The monoisotopic (exact) mass is 358 g/mol. The number of sulfonamides is 1. The molecule has 1 heterocycles. The van der Waals surface area contributed by atoms with Gasteiger partial charge in [-0.05, 0) is 48.6 Å². The Labute approximate surface area is 151 Å². The van der Waals surface area contributed by atoms with Gasteiger partial charge < -0.3 is 0 Å². The molecule has 1 aromatic heterocycles. The second kappa shape index (κ2) is 8.11. The Kier molecular flexibility index (Phi) is 5.86. The van der Waals surface area contributed by atoms with Gasteiger partial charge in [0.05, 0.1) is 4.90 Å². The molecule has 1 saturated carbocycles. The third-order valence-corrected chi connectivity index (χ3v) is 6.94. The fourth-order valence-corrected chi connectivity index (χ4v) is 4.64. The van der Waals surface area contributed by atoms with Crippen LogP contribution in [-0.4, -0.2) is 31.3 Å². The molecule has 0 spiro atoms. The van der Waals surface area contributed by atoms with Crippen LogP contribution in [0.15, 0.2) is 53.6 Å². The van der Waals surface area contributed by atoms with Gasteiger partial charge in [0.25, 0.3) is 0 Å². The van der Waals surface area contributed by atoms with E-state index >= 15 is 0 Å². The smallest absolute Gasteiger partial charge is 0.242 e. The first-order chi connectivity index (χ1) is 12.1. The average Bonchev–Trinajstić information content (AvgIpc) is 2.67. The molecule has 134 valence electrons. The first-order valence-corrected chi connectivity index (χ1v) is 10.5. The first kappa shape index (κ1) is 18.1. The minimum atomic E-state index is -3.45. The molecule has 0 N–H and O–H groups in total. The van der Waals surface area contributed by atoms with Crippen molar-refractivity contribution in [2.24, 2.45) is 0 Å². The van der Waals surface area contributed by atoms with Gasteiger partial charge in [-0.15, -0.1) is 0 Å². The third kappa shape index (κ3) is 4.47. The highest BCUT2D eigenvalue weighted by molar-refractivity contribution is 7.89. The van der Waals surface area contributed by atoms with Crippen molar-refractivity contribution in [2.45, 2.75) is 49.3 Å². The Balaban J connectivity index is 1.66. The largest absolute Gasteiger partial charge is 0.261 e. The number of nitrogens with zero attached hydrogens (tertiary/aromatic N) is 2. The predicted molar refractivity (Wildman–Crippen MR) is 100 cm³/mol. The molecule has 1 aliphatic rings. The highest BCUT2D eigenvalue weighted by atomic mass is 32.2. The van der Waals surface area contributed by atoms with Crippen LogP contribution in [0.25, 0.3) is 0 Å². The summed E-state index contributed by atoms with van der Waals surface area (Å²) in [5.41, 5.74) is 2.17. The molecule has 0 amide bonds. The lowest BCUT2D eigenvalue weighted by atomic mass is 9.84. The third-order valence-electron chi connectivity index (χ3n) is 5.07. The molecular formula is C20H26N2O2S. The molecule has 5 heteroatoms. The summed E-state index contributed by atoms with van der Waals surface area (Å²) < 4.78 is 26.9. The molecule has 0 aliphatic heterocycles. The fourth-order valence-electron chi connectivity index (χ4n) is 3.47. The molecule has 0 saturated heterocycles. The van der Waals surface area contributed by atoms with Gasteiger partial charge in [0.2, 0.25) is 10.0 Å². The van der Waals surface area contributed by atoms with E-state index in [0.29, 0.717) is 23.8 Å².